The maximum absolute atomic E-state index is 12.9. The van der Waals surface area contributed by atoms with Gasteiger partial charge in [0.25, 0.3) is 0 Å². The number of ether oxygens (including phenoxy) is 1. The van der Waals surface area contributed by atoms with Crippen molar-refractivity contribution in [3.05, 3.63) is 22.7 Å². The number of amides is 2. The Morgan fingerprint density at radius 3 is 2.83 bits per heavy atom. The lowest BCUT2D eigenvalue weighted by Gasteiger charge is -2.57. The predicted octanol–water partition coefficient (Wildman–Crippen LogP) is 1.82. The van der Waals surface area contributed by atoms with Gasteiger partial charge in [-0.3, -0.25) is 4.90 Å². The zero-order valence-electron chi connectivity index (χ0n) is 12.8. The Balaban J connectivity index is 1.64. The molecule has 1 unspecified atom stereocenters. The van der Waals surface area contributed by atoms with E-state index in [1.165, 1.54) is 0 Å². The number of carbonyl (C=O) groups excluding carboxylic acids is 1. The van der Waals surface area contributed by atoms with Crippen molar-refractivity contribution in [2.24, 2.45) is 5.41 Å². The second-order valence-electron chi connectivity index (χ2n) is 6.65. The minimum Gasteiger partial charge on any atom is -0.488 e. The monoisotopic (exact) mass is 332 g/mol. The van der Waals surface area contributed by atoms with Gasteiger partial charge in [-0.05, 0) is 19.1 Å². The first-order valence-electron chi connectivity index (χ1n) is 7.69. The summed E-state index contributed by atoms with van der Waals surface area (Å²) >= 11 is 6.07. The van der Waals surface area contributed by atoms with E-state index in [9.17, 15) is 10.1 Å². The Morgan fingerprint density at radius 2 is 2.22 bits per heavy atom. The van der Waals surface area contributed by atoms with Crippen LogP contribution < -0.4 is 15.0 Å². The van der Waals surface area contributed by atoms with E-state index in [2.05, 4.69) is 11.4 Å². The fourth-order valence-corrected chi connectivity index (χ4v) is 3.74. The molecule has 4 rings (SSSR count). The van der Waals surface area contributed by atoms with Gasteiger partial charge in [-0.1, -0.05) is 11.6 Å². The molecular weight excluding hydrogens is 316 g/mol. The topological polar surface area (TPSA) is 68.6 Å². The van der Waals surface area contributed by atoms with Gasteiger partial charge < -0.3 is 15.0 Å². The van der Waals surface area contributed by atoms with Crippen molar-refractivity contribution in [3.63, 3.8) is 0 Å². The minimum absolute atomic E-state index is 0.0224. The smallest absolute Gasteiger partial charge is 0.325 e. The summed E-state index contributed by atoms with van der Waals surface area (Å²) in [4.78, 5) is 16.5. The molecule has 0 bridgehead atoms. The van der Waals surface area contributed by atoms with Crippen LogP contribution in [0.25, 0.3) is 0 Å². The number of fused-ring (bicyclic) bond motifs is 1. The van der Waals surface area contributed by atoms with Crippen LogP contribution in [0.5, 0.6) is 5.75 Å². The minimum atomic E-state index is -0.0845. The Labute approximate surface area is 139 Å². The third-order valence-corrected chi connectivity index (χ3v) is 5.21. The Bertz CT molecular complexity index is 718. The van der Waals surface area contributed by atoms with Crippen LogP contribution in [0.15, 0.2) is 12.1 Å². The second-order valence-corrected chi connectivity index (χ2v) is 7.06. The third-order valence-electron chi connectivity index (χ3n) is 4.90. The van der Waals surface area contributed by atoms with Crippen molar-refractivity contribution in [1.82, 2.24) is 10.2 Å². The average Bonchev–Trinajstić information content (AvgIpc) is 2.44. The summed E-state index contributed by atoms with van der Waals surface area (Å²) in [5.74, 6) is 0.409. The fraction of sp³-hybridized carbons (Fsp3) is 0.500. The molecule has 2 fully saturated rings. The first kappa shape index (κ1) is 14.6. The Kier molecular flexibility index (Phi) is 3.19. The summed E-state index contributed by atoms with van der Waals surface area (Å²) < 4.78 is 5.69. The highest BCUT2D eigenvalue weighted by atomic mass is 35.5. The summed E-state index contributed by atoms with van der Waals surface area (Å²) in [6.07, 6.45) is 0. The first-order chi connectivity index (χ1) is 11.0. The van der Waals surface area contributed by atoms with Gasteiger partial charge in [-0.15, -0.1) is 0 Å². The van der Waals surface area contributed by atoms with Crippen LogP contribution in [0.4, 0.5) is 10.5 Å². The summed E-state index contributed by atoms with van der Waals surface area (Å²) in [5, 5.41) is 12.9. The lowest BCUT2D eigenvalue weighted by atomic mass is 9.74. The molecule has 1 atom stereocenters. The summed E-state index contributed by atoms with van der Waals surface area (Å²) in [6.45, 7) is 5.85. The second kappa shape index (κ2) is 5.02. The summed E-state index contributed by atoms with van der Waals surface area (Å²) in [6, 6.07) is 5.37. The maximum Gasteiger partial charge on any atom is 0.325 e. The molecule has 3 aliphatic rings. The standard InChI is InChI=1S/C16H17ClN4O2/c1-10-5-23-14-11(4-18)12(17)2-3-13(14)21(10)15(22)20-8-16(9-20)6-19-7-16/h2-3,10,19H,5-9H2,1H3. The number of hydrogen-bond acceptors (Lipinski definition) is 4. The molecule has 0 aliphatic carbocycles. The number of nitriles is 1. The van der Waals surface area contributed by atoms with Crippen molar-refractivity contribution in [1.29, 1.82) is 5.26 Å². The van der Waals surface area contributed by atoms with Crippen molar-refractivity contribution in [2.45, 2.75) is 13.0 Å². The number of rotatable bonds is 0. The highest BCUT2D eigenvalue weighted by molar-refractivity contribution is 6.32. The quantitative estimate of drug-likeness (QED) is 0.787. The molecule has 2 saturated heterocycles. The van der Waals surface area contributed by atoms with Crippen molar-refractivity contribution in [3.8, 4) is 11.8 Å². The first-order valence-corrected chi connectivity index (χ1v) is 8.07. The van der Waals surface area contributed by atoms with E-state index in [1.807, 2.05) is 11.8 Å². The van der Waals surface area contributed by atoms with Gasteiger partial charge in [0.1, 0.15) is 18.2 Å². The van der Waals surface area contributed by atoms with Gasteiger partial charge >= 0.3 is 6.03 Å². The molecule has 3 heterocycles. The highest BCUT2D eigenvalue weighted by Crippen LogP contribution is 2.42. The van der Waals surface area contributed by atoms with Gasteiger partial charge in [-0.25, -0.2) is 4.79 Å². The van der Waals surface area contributed by atoms with Crippen LogP contribution in [0.1, 0.15) is 12.5 Å². The normalized spacial score (nSPS) is 24.1. The fourth-order valence-electron chi connectivity index (χ4n) is 3.55. The van der Waals surface area contributed by atoms with E-state index in [0.29, 0.717) is 23.1 Å². The van der Waals surface area contributed by atoms with Gasteiger partial charge in [0, 0.05) is 31.6 Å². The summed E-state index contributed by atoms with van der Waals surface area (Å²) in [7, 11) is 0. The molecule has 0 saturated carbocycles. The highest BCUT2D eigenvalue weighted by Gasteiger charge is 2.51. The van der Waals surface area contributed by atoms with Gasteiger partial charge in [0.05, 0.1) is 16.8 Å². The van der Waals surface area contributed by atoms with Crippen LogP contribution in [-0.2, 0) is 0 Å². The molecule has 0 radical (unpaired) electrons. The van der Waals surface area contributed by atoms with Gasteiger partial charge in [0.2, 0.25) is 0 Å². The van der Waals surface area contributed by atoms with Gasteiger partial charge in [0.15, 0.2) is 5.75 Å². The molecule has 2 amide bonds. The van der Waals surface area contributed by atoms with E-state index >= 15 is 0 Å². The molecule has 1 N–H and O–H groups in total. The number of nitrogens with one attached hydrogen (secondary N) is 1. The number of hydrogen-bond donors (Lipinski definition) is 1. The predicted molar refractivity (Wildman–Crippen MR) is 85.9 cm³/mol. The molecule has 120 valence electrons. The number of nitrogens with zero attached hydrogens (tertiary/aromatic N) is 3. The SMILES string of the molecule is CC1COc2c(ccc(Cl)c2C#N)N1C(=O)N1CC2(CNC2)C1. The summed E-state index contributed by atoms with van der Waals surface area (Å²) in [5.41, 5.74) is 1.20. The molecule has 3 aliphatic heterocycles. The van der Waals surface area contributed by atoms with E-state index in [1.54, 1.807) is 17.0 Å². The van der Waals surface area contributed by atoms with Gasteiger partial charge in [-0.2, -0.15) is 5.26 Å². The Hall–Kier alpha value is -1.97. The third kappa shape index (κ3) is 2.07. The molecule has 23 heavy (non-hydrogen) atoms. The molecule has 6 nitrogen and oxygen atoms in total. The Morgan fingerprint density at radius 1 is 1.48 bits per heavy atom. The van der Waals surface area contributed by atoms with Crippen LogP contribution in [0.2, 0.25) is 5.02 Å². The number of halogens is 1. The molecular formula is C16H17ClN4O2. The van der Waals surface area contributed by atoms with Crippen LogP contribution >= 0.6 is 11.6 Å². The number of benzene rings is 1. The van der Waals surface area contributed by atoms with Crippen molar-refractivity contribution >= 4 is 23.3 Å². The van der Waals surface area contributed by atoms with Crippen LogP contribution in [0.3, 0.4) is 0 Å². The molecule has 1 spiro atoms. The van der Waals surface area contributed by atoms with E-state index in [4.69, 9.17) is 16.3 Å². The largest absolute Gasteiger partial charge is 0.488 e. The zero-order valence-corrected chi connectivity index (χ0v) is 13.6. The van der Waals surface area contributed by atoms with E-state index in [0.717, 1.165) is 26.2 Å². The van der Waals surface area contributed by atoms with Crippen molar-refractivity contribution < 1.29 is 9.53 Å². The number of anilines is 1. The number of urea groups is 1. The molecule has 7 heteroatoms. The average molecular weight is 333 g/mol. The van der Waals surface area contributed by atoms with Crippen molar-refractivity contribution in [2.75, 3.05) is 37.7 Å². The molecule has 0 aromatic heterocycles. The zero-order chi connectivity index (χ0) is 16.2. The number of carbonyl (C=O) groups is 1. The lowest BCUT2D eigenvalue weighted by molar-refractivity contribution is -0.00992. The number of likely N-dealkylation sites (tertiary alicyclic amines) is 1. The van der Waals surface area contributed by atoms with Crippen LogP contribution in [-0.4, -0.2) is 49.8 Å². The molecule has 1 aromatic carbocycles. The van der Waals surface area contributed by atoms with Crippen LogP contribution in [0, 0.1) is 16.7 Å². The van der Waals surface area contributed by atoms with E-state index in [-0.39, 0.29) is 23.1 Å². The van der Waals surface area contributed by atoms with E-state index < -0.39 is 0 Å². The maximum atomic E-state index is 12.9. The lowest BCUT2D eigenvalue weighted by Crippen LogP contribution is -2.73. The molecule has 1 aromatic rings.